The third-order valence-corrected chi connectivity index (χ3v) is 2.72. The molecule has 0 atom stereocenters. The van der Waals surface area contributed by atoms with E-state index in [2.05, 4.69) is 61.0 Å². The van der Waals surface area contributed by atoms with Gasteiger partial charge in [0.05, 0.1) is 11.9 Å². The Morgan fingerprint density at radius 1 is 1.06 bits per heavy atom. The predicted molar refractivity (Wildman–Crippen MR) is 72.7 cm³/mol. The molecule has 17 heavy (non-hydrogen) atoms. The summed E-state index contributed by atoms with van der Waals surface area (Å²) in [4.78, 5) is 6.49. The highest BCUT2D eigenvalue weighted by atomic mass is 15.2. The molecule has 0 aliphatic heterocycles. The van der Waals surface area contributed by atoms with Gasteiger partial charge in [-0.25, -0.2) is 0 Å². The highest BCUT2D eigenvalue weighted by Gasteiger charge is 2.12. The molecule has 0 N–H and O–H groups in total. The zero-order chi connectivity index (χ0) is 12.3. The Labute approximate surface area is 103 Å². The number of rotatable bonds is 3. The van der Waals surface area contributed by atoms with Crippen molar-refractivity contribution in [3.8, 4) is 0 Å². The van der Waals surface area contributed by atoms with E-state index in [0.29, 0.717) is 6.04 Å². The van der Waals surface area contributed by atoms with Crippen molar-refractivity contribution in [1.29, 1.82) is 0 Å². The zero-order valence-corrected chi connectivity index (χ0v) is 10.6. The first-order valence-corrected chi connectivity index (χ1v) is 5.94. The lowest BCUT2D eigenvalue weighted by Crippen LogP contribution is -2.25. The summed E-state index contributed by atoms with van der Waals surface area (Å²) < 4.78 is 0. The molecule has 0 saturated carbocycles. The summed E-state index contributed by atoms with van der Waals surface area (Å²) in [5, 5.41) is 0. The van der Waals surface area contributed by atoms with Gasteiger partial charge in [-0.1, -0.05) is 12.1 Å². The summed E-state index contributed by atoms with van der Waals surface area (Å²) in [5.74, 6) is 0. The number of aromatic nitrogens is 1. The van der Waals surface area contributed by atoms with Gasteiger partial charge >= 0.3 is 0 Å². The summed E-state index contributed by atoms with van der Waals surface area (Å²) >= 11 is 0. The topological polar surface area (TPSA) is 16.1 Å². The number of hydrogen-bond donors (Lipinski definition) is 0. The number of benzene rings is 1. The maximum Gasteiger partial charge on any atom is 0.0599 e. The molecular formula is C15H18N2. The average Bonchev–Trinajstić information content (AvgIpc) is 2.30. The van der Waals surface area contributed by atoms with Crippen molar-refractivity contribution < 1.29 is 0 Å². The second kappa shape index (κ2) is 5.00. The summed E-state index contributed by atoms with van der Waals surface area (Å²) in [6.07, 6.45) is 3.71. The zero-order valence-electron chi connectivity index (χ0n) is 10.6. The molecular weight excluding hydrogens is 208 g/mol. The van der Waals surface area contributed by atoms with Crippen LogP contribution < -0.4 is 4.90 Å². The van der Waals surface area contributed by atoms with Crippen LogP contribution in [0.5, 0.6) is 0 Å². The van der Waals surface area contributed by atoms with Gasteiger partial charge in [-0.15, -0.1) is 0 Å². The first-order valence-electron chi connectivity index (χ1n) is 5.94. The van der Waals surface area contributed by atoms with Crippen LogP contribution in [0.3, 0.4) is 0 Å². The van der Waals surface area contributed by atoms with Crippen LogP contribution in [0.2, 0.25) is 0 Å². The molecule has 88 valence electrons. The highest BCUT2D eigenvalue weighted by Crippen LogP contribution is 2.27. The lowest BCUT2D eigenvalue weighted by Gasteiger charge is -2.29. The normalized spacial score (nSPS) is 10.6. The van der Waals surface area contributed by atoms with E-state index in [0.717, 1.165) is 5.69 Å². The van der Waals surface area contributed by atoms with Crippen molar-refractivity contribution in [2.24, 2.45) is 0 Å². The minimum Gasteiger partial charge on any atom is -0.338 e. The molecule has 0 unspecified atom stereocenters. The molecule has 1 heterocycles. The van der Waals surface area contributed by atoms with Crippen molar-refractivity contribution in [2.75, 3.05) is 4.90 Å². The lowest BCUT2D eigenvalue weighted by molar-refractivity contribution is 0.786. The van der Waals surface area contributed by atoms with Crippen LogP contribution in [0.15, 0.2) is 48.8 Å². The van der Waals surface area contributed by atoms with E-state index in [4.69, 9.17) is 0 Å². The van der Waals surface area contributed by atoms with Crippen molar-refractivity contribution >= 4 is 11.4 Å². The second-order valence-electron chi connectivity index (χ2n) is 4.51. The van der Waals surface area contributed by atoms with Crippen LogP contribution in [0.25, 0.3) is 0 Å². The van der Waals surface area contributed by atoms with Crippen molar-refractivity contribution in [3.63, 3.8) is 0 Å². The molecule has 2 aromatic rings. The Morgan fingerprint density at radius 2 is 1.82 bits per heavy atom. The van der Waals surface area contributed by atoms with E-state index in [9.17, 15) is 0 Å². The molecule has 0 spiro atoms. The molecule has 1 aromatic heterocycles. The highest BCUT2D eigenvalue weighted by molar-refractivity contribution is 5.63. The Hall–Kier alpha value is -1.83. The second-order valence-corrected chi connectivity index (χ2v) is 4.51. The van der Waals surface area contributed by atoms with Gasteiger partial charge in [0.1, 0.15) is 0 Å². The van der Waals surface area contributed by atoms with Crippen LogP contribution in [0.1, 0.15) is 19.4 Å². The minimum atomic E-state index is 0.404. The molecule has 2 heteroatoms. The SMILES string of the molecule is Cc1cccc(N(c2cccnc2)C(C)C)c1. The molecule has 0 aliphatic rings. The third kappa shape index (κ3) is 2.64. The average molecular weight is 226 g/mol. The van der Waals surface area contributed by atoms with Gasteiger partial charge in [0, 0.05) is 17.9 Å². The van der Waals surface area contributed by atoms with Gasteiger partial charge in [-0.3, -0.25) is 4.98 Å². The van der Waals surface area contributed by atoms with E-state index in [1.54, 1.807) is 6.20 Å². The van der Waals surface area contributed by atoms with Gasteiger partial charge in [0.25, 0.3) is 0 Å². The van der Waals surface area contributed by atoms with Gasteiger partial charge in [0.2, 0.25) is 0 Å². The largest absolute Gasteiger partial charge is 0.338 e. The fraction of sp³-hybridized carbons (Fsp3) is 0.267. The standard InChI is InChI=1S/C15H18N2/c1-12(2)17(15-8-5-9-16-11-15)14-7-4-6-13(3)10-14/h4-12H,1-3H3. The summed E-state index contributed by atoms with van der Waals surface area (Å²) in [7, 11) is 0. The maximum absolute atomic E-state index is 4.19. The maximum atomic E-state index is 4.19. The smallest absolute Gasteiger partial charge is 0.0599 e. The number of anilines is 2. The van der Waals surface area contributed by atoms with E-state index >= 15 is 0 Å². The molecule has 0 amide bonds. The van der Waals surface area contributed by atoms with Crippen LogP contribution >= 0.6 is 0 Å². The summed E-state index contributed by atoms with van der Waals surface area (Å²) in [5.41, 5.74) is 3.62. The number of aryl methyl sites for hydroxylation is 1. The number of pyridine rings is 1. The fourth-order valence-corrected chi connectivity index (χ4v) is 2.02. The van der Waals surface area contributed by atoms with E-state index < -0.39 is 0 Å². The monoisotopic (exact) mass is 226 g/mol. The van der Waals surface area contributed by atoms with Gasteiger partial charge in [-0.2, -0.15) is 0 Å². The number of hydrogen-bond acceptors (Lipinski definition) is 2. The Morgan fingerprint density at radius 3 is 2.41 bits per heavy atom. The Kier molecular flexibility index (Phi) is 3.43. The Bertz CT molecular complexity index is 477. The van der Waals surface area contributed by atoms with Gasteiger partial charge in [0.15, 0.2) is 0 Å². The van der Waals surface area contributed by atoms with Crippen LogP contribution in [-0.4, -0.2) is 11.0 Å². The fourth-order valence-electron chi connectivity index (χ4n) is 2.02. The molecule has 0 bridgehead atoms. The van der Waals surface area contributed by atoms with E-state index in [1.807, 2.05) is 12.3 Å². The molecule has 0 aliphatic carbocycles. The molecule has 0 radical (unpaired) electrons. The van der Waals surface area contributed by atoms with Crippen molar-refractivity contribution in [3.05, 3.63) is 54.4 Å². The minimum absolute atomic E-state index is 0.404. The van der Waals surface area contributed by atoms with Gasteiger partial charge in [-0.05, 0) is 50.6 Å². The predicted octanol–water partition coefficient (Wildman–Crippen LogP) is 3.94. The first-order chi connectivity index (χ1) is 8.18. The first kappa shape index (κ1) is 11.6. The molecule has 0 saturated heterocycles. The van der Waals surface area contributed by atoms with Crippen molar-refractivity contribution in [2.45, 2.75) is 26.8 Å². The summed E-state index contributed by atoms with van der Waals surface area (Å²) in [6, 6.07) is 13.0. The van der Waals surface area contributed by atoms with Crippen LogP contribution in [-0.2, 0) is 0 Å². The van der Waals surface area contributed by atoms with Crippen LogP contribution in [0.4, 0.5) is 11.4 Å². The summed E-state index contributed by atoms with van der Waals surface area (Å²) in [6.45, 7) is 6.50. The molecule has 0 fully saturated rings. The Balaban J connectivity index is 2.43. The third-order valence-electron chi connectivity index (χ3n) is 2.72. The molecule has 1 aromatic carbocycles. The van der Waals surface area contributed by atoms with Crippen LogP contribution in [0, 0.1) is 6.92 Å². The van der Waals surface area contributed by atoms with E-state index in [-0.39, 0.29) is 0 Å². The van der Waals surface area contributed by atoms with Gasteiger partial charge < -0.3 is 4.90 Å². The molecule has 2 rings (SSSR count). The number of nitrogens with zero attached hydrogens (tertiary/aromatic N) is 2. The lowest BCUT2D eigenvalue weighted by atomic mass is 10.1. The van der Waals surface area contributed by atoms with E-state index in [1.165, 1.54) is 11.3 Å². The van der Waals surface area contributed by atoms with Crippen molar-refractivity contribution in [1.82, 2.24) is 4.98 Å². The molecule has 2 nitrogen and oxygen atoms in total. The quantitative estimate of drug-likeness (QED) is 0.788.